The van der Waals surface area contributed by atoms with E-state index < -0.39 is 18.0 Å². The van der Waals surface area contributed by atoms with Gasteiger partial charge in [0, 0.05) is 11.2 Å². The Kier molecular flexibility index (Phi) is 6.29. The van der Waals surface area contributed by atoms with Crippen LogP contribution < -0.4 is 5.32 Å². The Balaban J connectivity index is 2.05. The van der Waals surface area contributed by atoms with Gasteiger partial charge >= 0.3 is 5.97 Å². The summed E-state index contributed by atoms with van der Waals surface area (Å²) in [5, 5.41) is 3.42. The summed E-state index contributed by atoms with van der Waals surface area (Å²) in [7, 11) is 0. The molecule has 0 saturated carbocycles. The average Bonchev–Trinajstić information content (AvgIpc) is 2.52. The van der Waals surface area contributed by atoms with Crippen LogP contribution >= 0.6 is 46.4 Å². The molecule has 1 atom stereocenters. The molecule has 2 aromatic rings. The third-order valence-corrected chi connectivity index (χ3v) is 3.91. The smallest absolute Gasteiger partial charge is 0.340 e. The summed E-state index contributed by atoms with van der Waals surface area (Å²) in [5.41, 5.74) is 0.0615. The van der Waals surface area contributed by atoms with Gasteiger partial charge in [0.1, 0.15) is 0 Å². The monoisotopic (exact) mass is 406 g/mol. The molecule has 0 aliphatic carbocycles. The Morgan fingerprint density at radius 1 is 1.08 bits per heavy atom. The van der Waals surface area contributed by atoms with Gasteiger partial charge in [0.15, 0.2) is 11.9 Å². The van der Waals surface area contributed by atoms with Crippen LogP contribution in [0.5, 0.6) is 0 Å². The Labute approximate surface area is 157 Å². The molecule has 1 heterocycles. The maximum atomic E-state index is 12.1. The molecule has 0 saturated heterocycles. The van der Waals surface area contributed by atoms with Gasteiger partial charge in [-0.05, 0) is 31.2 Å². The Hall–Kier alpha value is -1.53. The fourth-order valence-corrected chi connectivity index (χ4v) is 2.45. The van der Waals surface area contributed by atoms with Crippen LogP contribution in [0, 0.1) is 0 Å². The van der Waals surface area contributed by atoms with Crippen LogP contribution in [0.25, 0.3) is 0 Å². The molecule has 1 amide bonds. The fourth-order valence-electron chi connectivity index (χ4n) is 1.66. The highest BCUT2D eigenvalue weighted by Crippen LogP contribution is 2.24. The minimum atomic E-state index is -1.11. The van der Waals surface area contributed by atoms with Crippen molar-refractivity contribution in [1.29, 1.82) is 0 Å². The molecule has 9 heteroatoms. The van der Waals surface area contributed by atoms with E-state index in [0.717, 1.165) is 0 Å². The lowest BCUT2D eigenvalue weighted by Crippen LogP contribution is -2.30. The second kappa shape index (κ2) is 8.03. The Bertz CT molecular complexity index is 798. The number of pyridine rings is 1. The summed E-state index contributed by atoms with van der Waals surface area (Å²) in [6, 6.07) is 5.77. The Morgan fingerprint density at radius 2 is 1.79 bits per heavy atom. The maximum absolute atomic E-state index is 12.1. The molecule has 1 unspecified atom stereocenters. The number of benzene rings is 1. The number of amides is 1. The lowest BCUT2D eigenvalue weighted by atomic mass is 10.2. The first-order valence-corrected chi connectivity index (χ1v) is 8.07. The number of halogens is 4. The summed E-state index contributed by atoms with van der Waals surface area (Å²) < 4.78 is 5.08. The molecule has 0 radical (unpaired) electrons. The summed E-state index contributed by atoms with van der Waals surface area (Å²) in [5.74, 6) is -1.28. The standard InChI is InChI=1S/C15H10Cl4N2O3/c1-7(14(22)21-13-12(19)5-9(17)6-20-13)24-15(23)10-4-8(16)2-3-11(10)18/h2-7H,1H3,(H,20,21,22). The van der Waals surface area contributed by atoms with Crippen LogP contribution in [0.3, 0.4) is 0 Å². The van der Waals surface area contributed by atoms with Gasteiger partial charge in [0.2, 0.25) is 0 Å². The third kappa shape index (κ3) is 4.74. The zero-order valence-electron chi connectivity index (χ0n) is 12.1. The first-order chi connectivity index (χ1) is 11.3. The summed E-state index contributed by atoms with van der Waals surface area (Å²) in [6.07, 6.45) is 0.215. The van der Waals surface area contributed by atoms with Crippen molar-refractivity contribution in [2.75, 3.05) is 5.32 Å². The predicted molar refractivity (Wildman–Crippen MR) is 94.2 cm³/mol. The number of carbonyl (C=O) groups excluding carboxylic acids is 2. The molecule has 2 rings (SSSR count). The van der Waals surface area contributed by atoms with E-state index >= 15 is 0 Å². The number of nitrogens with one attached hydrogen (secondary N) is 1. The van der Waals surface area contributed by atoms with Crippen molar-refractivity contribution in [1.82, 2.24) is 4.98 Å². The summed E-state index contributed by atoms with van der Waals surface area (Å²) in [6.45, 7) is 1.40. The number of carbonyl (C=O) groups is 2. The van der Waals surface area contributed by atoms with Crippen molar-refractivity contribution >= 4 is 64.1 Å². The van der Waals surface area contributed by atoms with Crippen LogP contribution in [0.1, 0.15) is 17.3 Å². The molecule has 126 valence electrons. The molecule has 1 aromatic heterocycles. The Morgan fingerprint density at radius 3 is 2.46 bits per heavy atom. The second-order valence-corrected chi connectivity index (χ2v) is 6.33. The fraction of sp³-hybridized carbons (Fsp3) is 0.133. The first-order valence-electron chi connectivity index (χ1n) is 6.56. The van der Waals surface area contributed by atoms with Gasteiger partial charge in [-0.2, -0.15) is 0 Å². The highest BCUT2D eigenvalue weighted by atomic mass is 35.5. The highest BCUT2D eigenvalue weighted by molar-refractivity contribution is 6.36. The largest absolute Gasteiger partial charge is 0.449 e. The SMILES string of the molecule is CC(OC(=O)c1cc(Cl)ccc1Cl)C(=O)Nc1ncc(Cl)cc1Cl. The highest BCUT2D eigenvalue weighted by Gasteiger charge is 2.22. The van der Waals surface area contributed by atoms with Gasteiger partial charge in [0.25, 0.3) is 5.91 Å². The molecule has 1 aromatic carbocycles. The first kappa shape index (κ1) is 18.8. The van der Waals surface area contributed by atoms with E-state index in [1.807, 2.05) is 0 Å². The van der Waals surface area contributed by atoms with E-state index in [2.05, 4.69) is 10.3 Å². The van der Waals surface area contributed by atoms with E-state index in [1.54, 1.807) is 0 Å². The quantitative estimate of drug-likeness (QED) is 0.733. The van der Waals surface area contributed by atoms with E-state index in [0.29, 0.717) is 10.0 Å². The van der Waals surface area contributed by atoms with Gasteiger partial charge in [-0.3, -0.25) is 4.79 Å². The molecule has 0 aliphatic heterocycles. The minimum absolute atomic E-state index is 0.0615. The van der Waals surface area contributed by atoms with Gasteiger partial charge < -0.3 is 10.1 Å². The predicted octanol–water partition coefficient (Wildman–Crippen LogP) is 4.88. The van der Waals surface area contributed by atoms with E-state index in [-0.39, 0.29) is 21.4 Å². The van der Waals surface area contributed by atoms with Crippen molar-refractivity contribution in [2.45, 2.75) is 13.0 Å². The van der Waals surface area contributed by atoms with Crippen molar-refractivity contribution in [3.63, 3.8) is 0 Å². The van der Waals surface area contributed by atoms with Crippen LogP contribution in [-0.4, -0.2) is 23.0 Å². The van der Waals surface area contributed by atoms with Crippen LogP contribution in [-0.2, 0) is 9.53 Å². The minimum Gasteiger partial charge on any atom is -0.449 e. The van der Waals surface area contributed by atoms with Gasteiger partial charge in [-0.15, -0.1) is 0 Å². The van der Waals surface area contributed by atoms with E-state index in [9.17, 15) is 9.59 Å². The summed E-state index contributed by atoms with van der Waals surface area (Å²) >= 11 is 23.4. The molecular formula is C15H10Cl4N2O3. The van der Waals surface area contributed by atoms with E-state index in [1.165, 1.54) is 37.4 Å². The molecule has 0 bridgehead atoms. The van der Waals surface area contributed by atoms with Gasteiger partial charge in [0.05, 0.1) is 20.6 Å². The molecule has 24 heavy (non-hydrogen) atoms. The number of aromatic nitrogens is 1. The number of anilines is 1. The number of hydrogen-bond donors (Lipinski definition) is 1. The molecule has 0 spiro atoms. The third-order valence-electron chi connectivity index (χ3n) is 2.85. The zero-order valence-corrected chi connectivity index (χ0v) is 15.2. The number of hydrogen-bond acceptors (Lipinski definition) is 4. The second-order valence-electron chi connectivity index (χ2n) is 4.64. The normalized spacial score (nSPS) is 11.7. The topological polar surface area (TPSA) is 68.3 Å². The lowest BCUT2D eigenvalue weighted by molar-refractivity contribution is -0.123. The number of rotatable bonds is 4. The maximum Gasteiger partial charge on any atom is 0.340 e. The van der Waals surface area contributed by atoms with Crippen molar-refractivity contribution < 1.29 is 14.3 Å². The van der Waals surface area contributed by atoms with Gasteiger partial charge in [-0.1, -0.05) is 46.4 Å². The molecule has 1 N–H and O–H groups in total. The van der Waals surface area contributed by atoms with E-state index in [4.69, 9.17) is 51.1 Å². The number of esters is 1. The van der Waals surface area contributed by atoms with Crippen molar-refractivity contribution in [3.8, 4) is 0 Å². The molecule has 0 fully saturated rings. The van der Waals surface area contributed by atoms with Crippen LogP contribution in [0.4, 0.5) is 5.82 Å². The molecular weight excluding hydrogens is 398 g/mol. The number of nitrogens with zero attached hydrogens (tertiary/aromatic N) is 1. The number of ether oxygens (including phenoxy) is 1. The van der Waals surface area contributed by atoms with Crippen LogP contribution in [0.2, 0.25) is 20.1 Å². The van der Waals surface area contributed by atoms with Crippen molar-refractivity contribution in [2.24, 2.45) is 0 Å². The zero-order chi connectivity index (χ0) is 17.9. The molecule has 0 aliphatic rings. The van der Waals surface area contributed by atoms with Crippen LogP contribution in [0.15, 0.2) is 30.5 Å². The van der Waals surface area contributed by atoms with Gasteiger partial charge in [-0.25, -0.2) is 9.78 Å². The molecule has 5 nitrogen and oxygen atoms in total. The average molecular weight is 408 g/mol. The van der Waals surface area contributed by atoms with Crippen molar-refractivity contribution in [3.05, 3.63) is 56.1 Å². The lowest BCUT2D eigenvalue weighted by Gasteiger charge is -2.14. The summed E-state index contributed by atoms with van der Waals surface area (Å²) in [4.78, 5) is 28.1.